The fourth-order valence-electron chi connectivity index (χ4n) is 0.751. The number of halogens is 1. The molecule has 4 heteroatoms. The van der Waals surface area contributed by atoms with Crippen LogP contribution in [0.15, 0.2) is 0 Å². The number of carbonyl (C=O) groups excluding carboxylic acids is 1. The third-order valence-corrected chi connectivity index (χ3v) is 1.41. The Kier molecular flexibility index (Phi) is 4.20. The summed E-state index contributed by atoms with van der Waals surface area (Å²) in [7, 11) is 0. The van der Waals surface area contributed by atoms with Crippen LogP contribution in [0.25, 0.3) is 0 Å². The Hall–Kier alpha value is -1.11. The molecule has 0 rings (SSSR count). The van der Waals surface area contributed by atoms with Crippen molar-refractivity contribution >= 4 is 5.91 Å². The van der Waals surface area contributed by atoms with E-state index in [0.717, 1.165) is 0 Å². The number of carbonyl (C=O) groups is 1. The maximum absolute atomic E-state index is 12.4. The highest BCUT2D eigenvalue weighted by Gasteiger charge is 2.20. The van der Waals surface area contributed by atoms with E-state index in [4.69, 9.17) is 5.26 Å². The van der Waals surface area contributed by atoms with Crippen LogP contribution in [0, 0.1) is 11.3 Å². The van der Waals surface area contributed by atoms with Crippen LogP contribution in [0.2, 0.25) is 0 Å². The lowest BCUT2D eigenvalue weighted by atomic mass is 10.3. The molecule has 0 heterocycles. The monoisotopic (exact) mass is 158 g/mol. The van der Waals surface area contributed by atoms with Crippen LogP contribution in [0.5, 0.6) is 0 Å². The standard InChI is InChI=1S/C7H11FN2O/c1-3-10(4-2)7(11)6(8)5-9/h6H,3-4H2,1-2H3/t6-/m1/s1. The molecule has 0 saturated heterocycles. The van der Waals surface area contributed by atoms with Crippen LogP contribution < -0.4 is 0 Å². The van der Waals surface area contributed by atoms with Crippen molar-refractivity contribution in [3.05, 3.63) is 0 Å². The smallest absolute Gasteiger partial charge is 0.271 e. The van der Waals surface area contributed by atoms with Crippen molar-refractivity contribution in [2.24, 2.45) is 0 Å². The molecule has 1 amide bonds. The molecule has 0 N–H and O–H groups in total. The summed E-state index contributed by atoms with van der Waals surface area (Å²) in [5.41, 5.74) is 0. The van der Waals surface area contributed by atoms with Gasteiger partial charge in [0.2, 0.25) is 0 Å². The summed E-state index contributed by atoms with van der Waals surface area (Å²) in [6, 6.07) is 1.26. The van der Waals surface area contributed by atoms with Gasteiger partial charge in [0.1, 0.15) is 6.07 Å². The number of rotatable bonds is 3. The van der Waals surface area contributed by atoms with Gasteiger partial charge in [0.15, 0.2) is 0 Å². The first-order valence-electron chi connectivity index (χ1n) is 3.49. The quantitative estimate of drug-likeness (QED) is 0.607. The van der Waals surface area contributed by atoms with Gasteiger partial charge in [-0.1, -0.05) is 0 Å². The molecule has 0 unspecified atom stereocenters. The molecule has 0 aromatic rings. The zero-order valence-corrected chi connectivity index (χ0v) is 6.67. The highest BCUT2D eigenvalue weighted by molar-refractivity contribution is 5.83. The molecule has 0 aliphatic rings. The van der Waals surface area contributed by atoms with Gasteiger partial charge in [0.05, 0.1) is 0 Å². The minimum atomic E-state index is -2.00. The first-order valence-corrected chi connectivity index (χ1v) is 3.49. The van der Waals surface area contributed by atoms with Crippen molar-refractivity contribution in [3.8, 4) is 6.07 Å². The summed E-state index contributed by atoms with van der Waals surface area (Å²) in [5.74, 6) is -0.738. The van der Waals surface area contributed by atoms with Crippen LogP contribution in [0.1, 0.15) is 13.8 Å². The zero-order chi connectivity index (χ0) is 8.85. The molecule has 0 saturated carbocycles. The van der Waals surface area contributed by atoms with Crippen LogP contribution in [-0.2, 0) is 4.79 Å². The minimum absolute atomic E-state index is 0.442. The zero-order valence-electron chi connectivity index (χ0n) is 6.67. The van der Waals surface area contributed by atoms with Crippen molar-refractivity contribution in [2.75, 3.05) is 13.1 Å². The second kappa shape index (κ2) is 4.67. The van der Waals surface area contributed by atoms with Crippen molar-refractivity contribution in [1.82, 2.24) is 4.90 Å². The number of hydrogen-bond donors (Lipinski definition) is 0. The molecule has 0 aliphatic carbocycles. The molecule has 0 aromatic heterocycles. The first kappa shape index (κ1) is 9.89. The predicted octanol–water partition coefficient (Wildman–Crippen LogP) is 0.716. The lowest BCUT2D eigenvalue weighted by Crippen LogP contribution is -2.36. The van der Waals surface area contributed by atoms with Gasteiger partial charge < -0.3 is 4.90 Å². The van der Waals surface area contributed by atoms with Crippen LogP contribution >= 0.6 is 0 Å². The third kappa shape index (κ3) is 2.54. The number of nitriles is 1. The second-order valence-electron chi connectivity index (χ2n) is 2.00. The molecule has 0 bridgehead atoms. The Morgan fingerprint density at radius 1 is 1.64 bits per heavy atom. The van der Waals surface area contributed by atoms with Crippen molar-refractivity contribution in [2.45, 2.75) is 20.0 Å². The van der Waals surface area contributed by atoms with E-state index in [1.807, 2.05) is 0 Å². The van der Waals surface area contributed by atoms with Crippen LogP contribution in [0.4, 0.5) is 4.39 Å². The van der Waals surface area contributed by atoms with Gasteiger partial charge in [-0.05, 0) is 13.8 Å². The maximum atomic E-state index is 12.4. The Morgan fingerprint density at radius 2 is 2.09 bits per heavy atom. The Balaban J connectivity index is 4.11. The van der Waals surface area contributed by atoms with Gasteiger partial charge in [-0.15, -0.1) is 0 Å². The van der Waals surface area contributed by atoms with E-state index in [1.54, 1.807) is 13.8 Å². The van der Waals surface area contributed by atoms with E-state index in [1.165, 1.54) is 11.0 Å². The summed E-state index contributed by atoms with van der Waals surface area (Å²) >= 11 is 0. The molecular formula is C7H11FN2O. The average Bonchev–Trinajstić information content (AvgIpc) is 2.05. The van der Waals surface area contributed by atoms with Crippen molar-refractivity contribution < 1.29 is 9.18 Å². The summed E-state index contributed by atoms with van der Waals surface area (Å²) in [6.07, 6.45) is -2.00. The molecule has 3 nitrogen and oxygen atoms in total. The summed E-state index contributed by atoms with van der Waals surface area (Å²) in [6.45, 7) is 4.37. The lowest BCUT2D eigenvalue weighted by Gasteiger charge is -2.17. The molecule has 0 spiro atoms. The molecule has 0 radical (unpaired) electrons. The van der Waals surface area contributed by atoms with E-state index in [0.29, 0.717) is 13.1 Å². The fraction of sp³-hybridized carbons (Fsp3) is 0.714. The van der Waals surface area contributed by atoms with Gasteiger partial charge in [-0.2, -0.15) is 5.26 Å². The summed E-state index contributed by atoms with van der Waals surface area (Å²) in [5, 5.41) is 8.07. The Morgan fingerprint density at radius 3 is 2.36 bits per heavy atom. The van der Waals surface area contributed by atoms with Crippen LogP contribution in [0.3, 0.4) is 0 Å². The number of hydrogen-bond acceptors (Lipinski definition) is 2. The minimum Gasteiger partial charge on any atom is -0.340 e. The maximum Gasteiger partial charge on any atom is 0.271 e. The molecule has 11 heavy (non-hydrogen) atoms. The van der Waals surface area contributed by atoms with Crippen LogP contribution in [-0.4, -0.2) is 30.1 Å². The number of alkyl halides is 1. The molecule has 0 fully saturated rings. The molecule has 0 aromatic carbocycles. The van der Waals surface area contributed by atoms with E-state index in [-0.39, 0.29) is 0 Å². The summed E-state index contributed by atoms with van der Waals surface area (Å²) in [4.78, 5) is 12.2. The van der Waals surface area contributed by atoms with Gasteiger partial charge >= 0.3 is 0 Å². The third-order valence-electron chi connectivity index (χ3n) is 1.41. The van der Waals surface area contributed by atoms with E-state index < -0.39 is 12.1 Å². The molecule has 62 valence electrons. The van der Waals surface area contributed by atoms with E-state index >= 15 is 0 Å². The SMILES string of the molecule is CCN(CC)C(=O)[C@H](F)C#N. The van der Waals surface area contributed by atoms with Gasteiger partial charge in [0.25, 0.3) is 12.1 Å². The van der Waals surface area contributed by atoms with Gasteiger partial charge in [0, 0.05) is 13.1 Å². The largest absolute Gasteiger partial charge is 0.340 e. The lowest BCUT2D eigenvalue weighted by molar-refractivity contribution is -0.134. The van der Waals surface area contributed by atoms with Crippen molar-refractivity contribution in [1.29, 1.82) is 5.26 Å². The fourth-order valence-corrected chi connectivity index (χ4v) is 0.751. The van der Waals surface area contributed by atoms with Gasteiger partial charge in [-0.3, -0.25) is 4.79 Å². The normalized spacial score (nSPS) is 11.8. The molecule has 0 aliphatic heterocycles. The highest BCUT2D eigenvalue weighted by atomic mass is 19.1. The summed E-state index contributed by atoms with van der Waals surface area (Å²) < 4.78 is 12.4. The molecule has 1 atom stereocenters. The highest BCUT2D eigenvalue weighted by Crippen LogP contribution is 1.97. The number of amides is 1. The average molecular weight is 158 g/mol. The Bertz CT molecular complexity index is 172. The first-order chi connectivity index (χ1) is 5.17. The number of nitrogens with zero attached hydrogens (tertiary/aromatic N) is 2. The topological polar surface area (TPSA) is 44.1 Å². The Labute approximate surface area is 65.4 Å². The van der Waals surface area contributed by atoms with Crippen molar-refractivity contribution in [3.63, 3.8) is 0 Å². The predicted molar refractivity (Wildman–Crippen MR) is 38.4 cm³/mol. The van der Waals surface area contributed by atoms with E-state index in [2.05, 4.69) is 0 Å². The van der Waals surface area contributed by atoms with Gasteiger partial charge in [-0.25, -0.2) is 4.39 Å². The second-order valence-corrected chi connectivity index (χ2v) is 2.00. The van der Waals surface area contributed by atoms with E-state index in [9.17, 15) is 9.18 Å². The molecular weight excluding hydrogens is 147 g/mol.